The molecule has 0 unspecified atom stereocenters. The molecule has 29 heavy (non-hydrogen) atoms. The van der Waals surface area contributed by atoms with E-state index in [-0.39, 0.29) is 34.5 Å². The van der Waals surface area contributed by atoms with Crippen molar-refractivity contribution in [1.82, 2.24) is 4.31 Å². The van der Waals surface area contributed by atoms with Crippen LogP contribution in [0.1, 0.15) is 6.92 Å². The number of carbonyl (C=O) groups is 1. The molecule has 0 radical (unpaired) electrons. The Morgan fingerprint density at radius 3 is 1.93 bits per heavy atom. The van der Waals surface area contributed by atoms with Gasteiger partial charge in [-0.15, -0.1) is 0 Å². The predicted octanol–water partition coefficient (Wildman–Crippen LogP) is 1.47. The van der Waals surface area contributed by atoms with E-state index < -0.39 is 20.0 Å². The summed E-state index contributed by atoms with van der Waals surface area (Å²) in [4.78, 5) is 11.1. The van der Waals surface area contributed by atoms with Crippen LogP contribution < -0.4 is 10.0 Å². The molecule has 0 bridgehead atoms. The summed E-state index contributed by atoms with van der Waals surface area (Å²) < 4.78 is 59.2. The second kappa shape index (κ2) is 8.49. The SMILES string of the molecule is CC(=O)Nc1ccc(S(=O)(=O)Nc2ccc(S(=O)(=O)N3CCOCC3)cc2)cc1. The van der Waals surface area contributed by atoms with Gasteiger partial charge < -0.3 is 10.1 Å². The minimum absolute atomic E-state index is 0.0108. The van der Waals surface area contributed by atoms with E-state index in [9.17, 15) is 21.6 Å². The first-order chi connectivity index (χ1) is 13.7. The third kappa shape index (κ3) is 5.12. The second-order valence-electron chi connectivity index (χ2n) is 6.35. The van der Waals surface area contributed by atoms with Crippen molar-refractivity contribution >= 4 is 37.3 Å². The number of hydrogen-bond donors (Lipinski definition) is 2. The molecule has 0 aliphatic carbocycles. The van der Waals surface area contributed by atoms with Gasteiger partial charge in [0.1, 0.15) is 0 Å². The largest absolute Gasteiger partial charge is 0.379 e. The van der Waals surface area contributed by atoms with Crippen LogP contribution >= 0.6 is 0 Å². The van der Waals surface area contributed by atoms with Gasteiger partial charge in [0.15, 0.2) is 0 Å². The fraction of sp³-hybridized carbons (Fsp3) is 0.278. The Morgan fingerprint density at radius 2 is 1.38 bits per heavy atom. The highest BCUT2D eigenvalue weighted by Gasteiger charge is 2.26. The van der Waals surface area contributed by atoms with Crippen LogP contribution in [0.3, 0.4) is 0 Å². The molecule has 2 aromatic rings. The molecule has 0 atom stereocenters. The number of amides is 1. The zero-order chi connectivity index (χ0) is 21.1. The highest BCUT2D eigenvalue weighted by atomic mass is 32.2. The number of morpholine rings is 1. The number of sulfonamides is 2. The van der Waals surface area contributed by atoms with Crippen molar-refractivity contribution in [2.24, 2.45) is 0 Å². The van der Waals surface area contributed by atoms with Gasteiger partial charge in [0.2, 0.25) is 15.9 Å². The van der Waals surface area contributed by atoms with Gasteiger partial charge in [-0.1, -0.05) is 0 Å². The van der Waals surface area contributed by atoms with E-state index in [0.717, 1.165) is 0 Å². The average Bonchev–Trinajstić information content (AvgIpc) is 2.69. The van der Waals surface area contributed by atoms with E-state index in [1.54, 1.807) is 0 Å². The smallest absolute Gasteiger partial charge is 0.261 e. The molecule has 156 valence electrons. The van der Waals surface area contributed by atoms with Crippen LogP contribution in [0.2, 0.25) is 0 Å². The maximum atomic E-state index is 12.6. The minimum Gasteiger partial charge on any atom is -0.379 e. The molecule has 1 aliphatic rings. The first-order valence-electron chi connectivity index (χ1n) is 8.77. The minimum atomic E-state index is -3.87. The molecule has 1 heterocycles. The third-order valence-electron chi connectivity index (χ3n) is 4.20. The summed E-state index contributed by atoms with van der Waals surface area (Å²) in [6.45, 7) is 2.61. The summed E-state index contributed by atoms with van der Waals surface area (Å²) in [5, 5.41) is 2.56. The molecule has 11 heteroatoms. The Morgan fingerprint density at radius 1 is 0.862 bits per heavy atom. The number of rotatable bonds is 6. The van der Waals surface area contributed by atoms with Crippen LogP contribution in [-0.4, -0.2) is 53.4 Å². The van der Waals surface area contributed by atoms with Crippen molar-refractivity contribution in [3.8, 4) is 0 Å². The lowest BCUT2D eigenvalue weighted by atomic mass is 10.3. The highest BCUT2D eigenvalue weighted by Crippen LogP contribution is 2.22. The Kier molecular flexibility index (Phi) is 6.22. The number of hydrogen-bond acceptors (Lipinski definition) is 6. The molecule has 1 fully saturated rings. The molecule has 2 N–H and O–H groups in total. The molecule has 0 spiro atoms. The molecule has 1 aliphatic heterocycles. The predicted molar refractivity (Wildman–Crippen MR) is 108 cm³/mol. The van der Waals surface area contributed by atoms with E-state index >= 15 is 0 Å². The molecular formula is C18H21N3O6S2. The number of anilines is 2. The van der Waals surface area contributed by atoms with Gasteiger partial charge in [-0.2, -0.15) is 4.31 Å². The van der Waals surface area contributed by atoms with Crippen LogP contribution in [0.4, 0.5) is 11.4 Å². The maximum Gasteiger partial charge on any atom is 0.261 e. The molecular weight excluding hydrogens is 418 g/mol. The van der Waals surface area contributed by atoms with Crippen molar-refractivity contribution < 1.29 is 26.4 Å². The highest BCUT2D eigenvalue weighted by molar-refractivity contribution is 7.92. The summed E-state index contributed by atoms with van der Waals surface area (Å²) in [6, 6.07) is 11.2. The van der Waals surface area contributed by atoms with E-state index in [1.165, 1.54) is 59.8 Å². The van der Waals surface area contributed by atoms with Crippen molar-refractivity contribution in [2.45, 2.75) is 16.7 Å². The summed E-state index contributed by atoms with van der Waals surface area (Å²) in [5.74, 6) is -0.258. The quantitative estimate of drug-likeness (QED) is 0.703. The van der Waals surface area contributed by atoms with Gasteiger partial charge in [0, 0.05) is 31.4 Å². The summed E-state index contributed by atoms with van der Waals surface area (Å²) in [5.41, 5.74) is 0.714. The van der Waals surface area contributed by atoms with Crippen LogP contribution in [0.5, 0.6) is 0 Å². The van der Waals surface area contributed by atoms with Crippen molar-refractivity contribution in [3.63, 3.8) is 0 Å². The number of benzene rings is 2. The van der Waals surface area contributed by atoms with E-state index in [1.807, 2.05) is 0 Å². The number of carbonyl (C=O) groups excluding carboxylic acids is 1. The molecule has 3 rings (SSSR count). The third-order valence-corrected chi connectivity index (χ3v) is 7.51. The van der Waals surface area contributed by atoms with E-state index in [0.29, 0.717) is 18.9 Å². The van der Waals surface area contributed by atoms with Crippen LogP contribution in [0.25, 0.3) is 0 Å². The summed E-state index contributed by atoms with van der Waals surface area (Å²) >= 11 is 0. The number of nitrogens with one attached hydrogen (secondary N) is 2. The van der Waals surface area contributed by atoms with Gasteiger partial charge in [0.05, 0.1) is 23.0 Å². The zero-order valence-corrected chi connectivity index (χ0v) is 17.3. The fourth-order valence-corrected chi connectivity index (χ4v) is 5.23. The molecule has 9 nitrogen and oxygen atoms in total. The lowest BCUT2D eigenvalue weighted by Crippen LogP contribution is -2.40. The Hall–Kier alpha value is -2.47. The summed E-state index contributed by atoms with van der Waals surface area (Å²) in [7, 11) is -7.51. The standard InChI is InChI=1S/C18H21N3O6S2/c1-14(22)19-15-2-6-17(7-3-15)28(23,24)20-16-4-8-18(9-5-16)29(25,26)21-10-12-27-13-11-21/h2-9,20H,10-13H2,1H3,(H,19,22). The molecule has 1 saturated heterocycles. The topological polar surface area (TPSA) is 122 Å². The van der Waals surface area contributed by atoms with E-state index in [2.05, 4.69) is 10.0 Å². The molecule has 2 aromatic carbocycles. The molecule has 1 amide bonds. The average molecular weight is 440 g/mol. The Balaban J connectivity index is 1.74. The van der Waals surface area contributed by atoms with E-state index in [4.69, 9.17) is 4.74 Å². The normalized spacial score (nSPS) is 15.6. The monoisotopic (exact) mass is 439 g/mol. The van der Waals surface area contributed by atoms with Gasteiger partial charge in [-0.3, -0.25) is 9.52 Å². The van der Waals surface area contributed by atoms with Gasteiger partial charge in [-0.05, 0) is 48.5 Å². The van der Waals surface area contributed by atoms with Gasteiger partial charge in [-0.25, -0.2) is 16.8 Å². The summed E-state index contributed by atoms with van der Waals surface area (Å²) in [6.07, 6.45) is 0. The Labute approximate surface area is 169 Å². The number of ether oxygens (including phenoxy) is 1. The van der Waals surface area contributed by atoms with Crippen LogP contribution in [-0.2, 0) is 29.6 Å². The number of nitrogens with zero attached hydrogens (tertiary/aromatic N) is 1. The second-order valence-corrected chi connectivity index (χ2v) is 9.97. The van der Waals surface area contributed by atoms with Crippen molar-refractivity contribution in [2.75, 3.05) is 36.3 Å². The van der Waals surface area contributed by atoms with Gasteiger partial charge >= 0.3 is 0 Å². The van der Waals surface area contributed by atoms with Crippen LogP contribution in [0, 0.1) is 0 Å². The fourth-order valence-electron chi connectivity index (χ4n) is 2.77. The van der Waals surface area contributed by atoms with Gasteiger partial charge in [0.25, 0.3) is 10.0 Å². The molecule has 0 saturated carbocycles. The van der Waals surface area contributed by atoms with Crippen molar-refractivity contribution in [1.29, 1.82) is 0 Å². The maximum absolute atomic E-state index is 12.6. The first-order valence-corrected chi connectivity index (χ1v) is 11.7. The first kappa shape index (κ1) is 21.2. The van der Waals surface area contributed by atoms with Crippen LogP contribution in [0.15, 0.2) is 58.3 Å². The lowest BCUT2D eigenvalue weighted by molar-refractivity contribution is -0.114. The molecule has 0 aromatic heterocycles. The van der Waals surface area contributed by atoms with Crippen molar-refractivity contribution in [3.05, 3.63) is 48.5 Å². The zero-order valence-electron chi connectivity index (χ0n) is 15.7. The lowest BCUT2D eigenvalue weighted by Gasteiger charge is -2.26. The Bertz CT molecular complexity index is 1080.